The van der Waals surface area contributed by atoms with E-state index < -0.39 is 6.04 Å². The van der Waals surface area contributed by atoms with Crippen LogP contribution < -0.4 is 5.32 Å². The average Bonchev–Trinajstić information content (AvgIpc) is 2.50. The number of amides is 1. The zero-order valence-corrected chi connectivity index (χ0v) is 13.1. The van der Waals surface area contributed by atoms with Crippen LogP contribution in [0.4, 0.5) is 0 Å². The van der Waals surface area contributed by atoms with Crippen LogP contribution in [0.3, 0.4) is 0 Å². The lowest BCUT2D eigenvalue weighted by molar-refractivity contribution is -0.143. The first kappa shape index (κ1) is 17.2. The summed E-state index contributed by atoms with van der Waals surface area (Å²) in [6, 6.07) is 8.32. The van der Waals surface area contributed by atoms with Gasteiger partial charge < -0.3 is 10.1 Å². The van der Waals surface area contributed by atoms with Gasteiger partial charge in [0.05, 0.1) is 7.11 Å². The van der Waals surface area contributed by atoms with Gasteiger partial charge in [-0.15, -0.1) is 0 Å². The second-order valence-corrected chi connectivity index (χ2v) is 5.59. The third-order valence-corrected chi connectivity index (χ3v) is 3.35. The van der Waals surface area contributed by atoms with Crippen molar-refractivity contribution in [2.45, 2.75) is 45.6 Å². The zero-order chi connectivity index (χ0) is 15.7. The number of unbranched alkanes of at least 4 members (excludes halogenated alkanes) is 1. The molecule has 0 saturated carbocycles. The average molecular weight is 291 g/mol. The third kappa shape index (κ3) is 6.43. The highest BCUT2D eigenvalue weighted by atomic mass is 16.5. The maximum absolute atomic E-state index is 12.1. The second kappa shape index (κ2) is 9.16. The van der Waals surface area contributed by atoms with Gasteiger partial charge in [0, 0.05) is 5.56 Å². The molecule has 0 aliphatic heterocycles. The van der Waals surface area contributed by atoms with Gasteiger partial charge in [-0.05, 0) is 24.5 Å². The van der Waals surface area contributed by atoms with Gasteiger partial charge in [-0.3, -0.25) is 4.79 Å². The first-order valence-electron chi connectivity index (χ1n) is 7.48. The quantitative estimate of drug-likeness (QED) is 0.591. The summed E-state index contributed by atoms with van der Waals surface area (Å²) in [6.45, 7) is 4.35. The Balaban J connectivity index is 2.54. The fraction of sp³-hybridized carbons (Fsp3) is 0.529. The van der Waals surface area contributed by atoms with Gasteiger partial charge in [-0.2, -0.15) is 0 Å². The molecule has 0 heterocycles. The normalized spacial score (nSPS) is 12.0. The lowest BCUT2D eigenvalue weighted by Gasteiger charge is -2.16. The number of esters is 1. The van der Waals surface area contributed by atoms with Crippen LogP contribution in [0.15, 0.2) is 30.3 Å². The summed E-state index contributed by atoms with van der Waals surface area (Å²) in [5.41, 5.74) is 0.550. The molecule has 0 aliphatic carbocycles. The second-order valence-electron chi connectivity index (χ2n) is 5.59. The van der Waals surface area contributed by atoms with Gasteiger partial charge in [-0.25, -0.2) is 4.79 Å². The molecule has 0 unspecified atom stereocenters. The van der Waals surface area contributed by atoms with Crippen LogP contribution >= 0.6 is 0 Å². The minimum absolute atomic E-state index is 0.241. The Morgan fingerprint density at radius 2 is 1.71 bits per heavy atom. The Kier molecular flexibility index (Phi) is 7.51. The van der Waals surface area contributed by atoms with Crippen molar-refractivity contribution in [1.82, 2.24) is 5.32 Å². The lowest BCUT2D eigenvalue weighted by atomic mass is 10.0. The highest BCUT2D eigenvalue weighted by molar-refractivity contribution is 5.96. The molecular weight excluding hydrogens is 266 g/mol. The topological polar surface area (TPSA) is 55.4 Å². The van der Waals surface area contributed by atoms with Crippen molar-refractivity contribution in [2.75, 3.05) is 7.11 Å². The molecule has 0 aliphatic rings. The first-order valence-corrected chi connectivity index (χ1v) is 7.48. The number of methoxy groups -OCH3 is 1. The van der Waals surface area contributed by atoms with E-state index in [-0.39, 0.29) is 11.9 Å². The van der Waals surface area contributed by atoms with Gasteiger partial charge in [-0.1, -0.05) is 51.3 Å². The molecule has 0 radical (unpaired) electrons. The van der Waals surface area contributed by atoms with E-state index in [1.807, 2.05) is 6.07 Å². The summed E-state index contributed by atoms with van der Waals surface area (Å²) < 4.78 is 4.77. The molecular formula is C17H25NO3. The Morgan fingerprint density at radius 3 is 2.29 bits per heavy atom. The Labute approximate surface area is 126 Å². The highest BCUT2D eigenvalue weighted by Crippen LogP contribution is 2.11. The molecule has 1 rings (SSSR count). The van der Waals surface area contributed by atoms with Crippen LogP contribution in [0, 0.1) is 5.92 Å². The summed E-state index contributed by atoms with van der Waals surface area (Å²) in [6.07, 6.45) is 3.68. The Hall–Kier alpha value is -1.84. The van der Waals surface area contributed by atoms with Crippen molar-refractivity contribution in [1.29, 1.82) is 0 Å². The van der Waals surface area contributed by atoms with Crippen LogP contribution in [0.2, 0.25) is 0 Å². The molecule has 116 valence electrons. The van der Waals surface area contributed by atoms with E-state index in [1.165, 1.54) is 7.11 Å². The molecule has 1 atom stereocenters. The summed E-state index contributed by atoms with van der Waals surface area (Å²) in [4.78, 5) is 23.9. The van der Waals surface area contributed by atoms with E-state index >= 15 is 0 Å². The van der Waals surface area contributed by atoms with Crippen molar-refractivity contribution in [2.24, 2.45) is 5.92 Å². The van der Waals surface area contributed by atoms with Crippen molar-refractivity contribution >= 4 is 11.9 Å². The zero-order valence-electron chi connectivity index (χ0n) is 13.1. The van der Waals surface area contributed by atoms with Crippen LogP contribution in [0.25, 0.3) is 0 Å². The Bertz CT molecular complexity index is 443. The standard InChI is InChI=1S/C17H25NO3/c1-13(2)9-7-8-12-15(17(20)21-3)18-16(19)14-10-5-4-6-11-14/h4-6,10-11,13,15H,7-9,12H2,1-3H3,(H,18,19)/t15-/m0/s1. The van der Waals surface area contributed by atoms with Gasteiger partial charge in [0.25, 0.3) is 5.91 Å². The van der Waals surface area contributed by atoms with Crippen LogP contribution in [0.1, 0.15) is 49.9 Å². The van der Waals surface area contributed by atoms with E-state index in [1.54, 1.807) is 24.3 Å². The number of ether oxygens (including phenoxy) is 1. The van der Waals surface area contributed by atoms with Crippen molar-refractivity contribution < 1.29 is 14.3 Å². The SMILES string of the molecule is COC(=O)[C@H](CCCCC(C)C)NC(=O)c1ccccc1. The van der Waals surface area contributed by atoms with Gasteiger partial charge >= 0.3 is 5.97 Å². The van der Waals surface area contributed by atoms with Crippen LogP contribution in [-0.2, 0) is 9.53 Å². The molecule has 21 heavy (non-hydrogen) atoms. The predicted molar refractivity (Wildman–Crippen MR) is 83.0 cm³/mol. The van der Waals surface area contributed by atoms with E-state index in [4.69, 9.17) is 4.74 Å². The van der Waals surface area contributed by atoms with Crippen LogP contribution in [-0.4, -0.2) is 25.0 Å². The molecule has 4 nitrogen and oxygen atoms in total. The fourth-order valence-corrected chi connectivity index (χ4v) is 2.12. The molecule has 0 saturated heterocycles. The molecule has 0 aromatic heterocycles. The van der Waals surface area contributed by atoms with Gasteiger partial charge in [0.2, 0.25) is 0 Å². The third-order valence-electron chi connectivity index (χ3n) is 3.35. The maximum Gasteiger partial charge on any atom is 0.328 e. The minimum Gasteiger partial charge on any atom is -0.467 e. The smallest absolute Gasteiger partial charge is 0.328 e. The minimum atomic E-state index is -0.574. The lowest BCUT2D eigenvalue weighted by Crippen LogP contribution is -2.41. The number of carbonyl (C=O) groups excluding carboxylic acids is 2. The maximum atomic E-state index is 12.1. The van der Waals surface area contributed by atoms with Gasteiger partial charge in [0.1, 0.15) is 6.04 Å². The highest BCUT2D eigenvalue weighted by Gasteiger charge is 2.21. The molecule has 1 amide bonds. The number of rotatable bonds is 8. The monoisotopic (exact) mass is 291 g/mol. The van der Waals surface area contributed by atoms with E-state index in [0.717, 1.165) is 19.3 Å². The molecule has 1 N–H and O–H groups in total. The summed E-state index contributed by atoms with van der Waals surface area (Å²) in [5, 5.41) is 2.76. The molecule has 0 fully saturated rings. The largest absolute Gasteiger partial charge is 0.467 e. The van der Waals surface area contributed by atoms with Gasteiger partial charge in [0.15, 0.2) is 0 Å². The van der Waals surface area contributed by atoms with E-state index in [9.17, 15) is 9.59 Å². The Morgan fingerprint density at radius 1 is 1.10 bits per heavy atom. The van der Waals surface area contributed by atoms with Crippen LogP contribution in [0.5, 0.6) is 0 Å². The van der Waals surface area contributed by atoms with Crippen molar-refractivity contribution in [3.8, 4) is 0 Å². The fourth-order valence-electron chi connectivity index (χ4n) is 2.12. The summed E-state index contributed by atoms with van der Waals surface area (Å²) >= 11 is 0. The molecule has 1 aromatic rings. The number of hydrogen-bond donors (Lipinski definition) is 1. The predicted octanol–water partition coefficient (Wildman–Crippen LogP) is 3.17. The number of carbonyl (C=O) groups is 2. The van der Waals surface area contributed by atoms with Crippen molar-refractivity contribution in [3.05, 3.63) is 35.9 Å². The number of nitrogens with one attached hydrogen (secondary N) is 1. The summed E-state index contributed by atoms with van der Waals surface area (Å²) in [5.74, 6) is 0.0270. The molecule has 0 spiro atoms. The molecule has 0 bridgehead atoms. The van der Waals surface area contributed by atoms with E-state index in [0.29, 0.717) is 17.9 Å². The summed E-state index contributed by atoms with van der Waals surface area (Å²) in [7, 11) is 1.35. The first-order chi connectivity index (χ1) is 10.0. The number of benzene rings is 1. The molecule has 1 aromatic carbocycles. The number of hydrogen-bond acceptors (Lipinski definition) is 3. The van der Waals surface area contributed by atoms with E-state index in [2.05, 4.69) is 19.2 Å². The van der Waals surface area contributed by atoms with Crippen molar-refractivity contribution in [3.63, 3.8) is 0 Å². The molecule has 4 heteroatoms.